The quantitative estimate of drug-likeness (QED) is 0.306. The first-order valence-electron chi connectivity index (χ1n) is 12.4. The Morgan fingerprint density at radius 2 is 1.62 bits per heavy atom. The number of pyridine rings is 1. The van der Waals surface area contributed by atoms with Crippen LogP contribution in [-0.2, 0) is 11.8 Å². The Morgan fingerprint density at radius 1 is 0.919 bits per heavy atom. The molecule has 5 rings (SSSR count). The van der Waals surface area contributed by atoms with Crippen molar-refractivity contribution in [1.29, 1.82) is 0 Å². The van der Waals surface area contributed by atoms with Crippen LogP contribution in [0.4, 0.5) is 17.2 Å². The van der Waals surface area contributed by atoms with Crippen molar-refractivity contribution in [2.24, 2.45) is 7.05 Å². The minimum atomic E-state index is -0.684. The van der Waals surface area contributed by atoms with E-state index in [1.807, 2.05) is 44.2 Å². The third kappa shape index (κ3) is 5.00. The van der Waals surface area contributed by atoms with Crippen LogP contribution in [-0.4, -0.2) is 47.4 Å². The molecule has 1 N–H and O–H groups in total. The van der Waals surface area contributed by atoms with Crippen molar-refractivity contribution < 1.29 is 14.0 Å². The zero-order valence-electron chi connectivity index (χ0n) is 21.6. The highest BCUT2D eigenvalue weighted by atomic mass is 16.3. The van der Waals surface area contributed by atoms with Crippen LogP contribution in [0.25, 0.3) is 11.3 Å². The molecule has 1 amide bonds. The highest BCUT2D eigenvalue weighted by Gasteiger charge is 2.26. The van der Waals surface area contributed by atoms with Gasteiger partial charge in [-0.2, -0.15) is 0 Å². The van der Waals surface area contributed by atoms with Crippen molar-refractivity contribution in [3.8, 4) is 11.3 Å². The van der Waals surface area contributed by atoms with E-state index in [2.05, 4.69) is 34.2 Å². The summed E-state index contributed by atoms with van der Waals surface area (Å²) in [4.78, 5) is 35.3. The second-order valence-electron chi connectivity index (χ2n) is 9.53. The Morgan fingerprint density at radius 3 is 2.27 bits per heavy atom. The summed E-state index contributed by atoms with van der Waals surface area (Å²) >= 11 is 0. The normalized spacial score (nSPS) is 13.6. The molecule has 37 heavy (non-hydrogen) atoms. The molecule has 0 unspecified atom stereocenters. The third-order valence-electron chi connectivity index (χ3n) is 6.86. The smallest absolute Gasteiger partial charge is 0.298 e. The van der Waals surface area contributed by atoms with Gasteiger partial charge < -0.3 is 24.1 Å². The SMILES string of the molecule is Cc1cc(C)nc(N2CCN(c3ccc(NC(=O)C(=O)c4c(-c5ccco5)cc(C)n4C)cc3)CC2)c1. The molecule has 190 valence electrons. The summed E-state index contributed by atoms with van der Waals surface area (Å²) in [6, 6.07) is 17.2. The number of rotatable bonds is 6. The van der Waals surface area contributed by atoms with E-state index in [-0.39, 0.29) is 0 Å². The molecule has 1 fully saturated rings. The number of nitrogens with zero attached hydrogens (tertiary/aromatic N) is 4. The molecule has 1 aliphatic rings. The lowest BCUT2D eigenvalue weighted by molar-refractivity contribution is -0.112. The van der Waals surface area contributed by atoms with E-state index in [4.69, 9.17) is 9.40 Å². The number of piperazine rings is 1. The summed E-state index contributed by atoms with van der Waals surface area (Å²) in [5.41, 5.74) is 5.68. The summed E-state index contributed by atoms with van der Waals surface area (Å²) in [5.74, 6) is 0.291. The topological polar surface area (TPSA) is 83.6 Å². The van der Waals surface area contributed by atoms with Gasteiger partial charge in [-0.05, 0) is 80.9 Å². The van der Waals surface area contributed by atoms with E-state index >= 15 is 0 Å². The number of aryl methyl sites for hydroxylation is 3. The highest BCUT2D eigenvalue weighted by Crippen LogP contribution is 2.28. The predicted octanol–water partition coefficient (Wildman–Crippen LogP) is 4.75. The van der Waals surface area contributed by atoms with Crippen molar-refractivity contribution in [1.82, 2.24) is 9.55 Å². The lowest BCUT2D eigenvalue weighted by atomic mass is 10.1. The summed E-state index contributed by atoms with van der Waals surface area (Å²) in [7, 11) is 1.77. The van der Waals surface area contributed by atoms with Gasteiger partial charge in [0.25, 0.3) is 11.7 Å². The average Bonchev–Trinajstić information content (AvgIpc) is 3.52. The first kappa shape index (κ1) is 24.4. The van der Waals surface area contributed by atoms with Crippen LogP contribution < -0.4 is 15.1 Å². The second-order valence-corrected chi connectivity index (χ2v) is 9.53. The summed E-state index contributed by atoms with van der Waals surface area (Å²) < 4.78 is 7.20. The minimum Gasteiger partial charge on any atom is -0.464 e. The maximum atomic E-state index is 13.1. The molecule has 0 radical (unpaired) electrons. The number of aromatic nitrogens is 2. The Bertz CT molecular complexity index is 1410. The fraction of sp³-hybridized carbons (Fsp3) is 0.276. The molecule has 4 aromatic rings. The molecule has 8 heteroatoms. The van der Waals surface area contributed by atoms with Gasteiger partial charge >= 0.3 is 0 Å². The minimum absolute atomic E-state index is 0.303. The number of hydrogen-bond donors (Lipinski definition) is 1. The van der Waals surface area contributed by atoms with Crippen molar-refractivity contribution in [2.45, 2.75) is 20.8 Å². The van der Waals surface area contributed by atoms with Gasteiger partial charge in [0, 0.05) is 61.6 Å². The van der Waals surface area contributed by atoms with Crippen molar-refractivity contribution in [3.05, 3.63) is 83.5 Å². The van der Waals surface area contributed by atoms with Gasteiger partial charge in [-0.15, -0.1) is 0 Å². The number of amides is 1. The molecule has 0 bridgehead atoms. The predicted molar refractivity (Wildman–Crippen MR) is 145 cm³/mol. The van der Waals surface area contributed by atoms with E-state index in [0.717, 1.165) is 49.1 Å². The number of anilines is 3. The Kier molecular flexibility index (Phi) is 6.56. The molecular weight excluding hydrogens is 466 g/mol. The van der Waals surface area contributed by atoms with Crippen molar-refractivity contribution in [2.75, 3.05) is 41.3 Å². The van der Waals surface area contributed by atoms with Crippen LogP contribution in [0.3, 0.4) is 0 Å². The third-order valence-corrected chi connectivity index (χ3v) is 6.86. The monoisotopic (exact) mass is 497 g/mol. The van der Waals surface area contributed by atoms with Gasteiger partial charge in [-0.1, -0.05) is 0 Å². The number of ketones is 1. The Balaban J connectivity index is 1.23. The van der Waals surface area contributed by atoms with E-state index in [1.165, 1.54) is 5.56 Å². The van der Waals surface area contributed by atoms with E-state index in [0.29, 0.717) is 22.7 Å². The second kappa shape index (κ2) is 9.97. The summed E-state index contributed by atoms with van der Waals surface area (Å²) in [5, 5.41) is 2.75. The van der Waals surface area contributed by atoms with Gasteiger partial charge in [0.2, 0.25) is 0 Å². The lowest BCUT2D eigenvalue weighted by Gasteiger charge is -2.37. The van der Waals surface area contributed by atoms with Crippen LogP contribution >= 0.6 is 0 Å². The molecule has 0 aliphatic carbocycles. The zero-order chi connectivity index (χ0) is 26.1. The summed E-state index contributed by atoms with van der Waals surface area (Å²) in [6.45, 7) is 9.54. The molecular formula is C29H31N5O3. The largest absolute Gasteiger partial charge is 0.464 e. The average molecular weight is 498 g/mol. The zero-order valence-corrected chi connectivity index (χ0v) is 21.6. The molecule has 0 saturated carbocycles. The fourth-order valence-corrected chi connectivity index (χ4v) is 4.85. The van der Waals surface area contributed by atoms with Gasteiger partial charge in [0.1, 0.15) is 17.3 Å². The van der Waals surface area contributed by atoms with Crippen molar-refractivity contribution in [3.63, 3.8) is 0 Å². The van der Waals surface area contributed by atoms with Crippen LogP contribution in [0.15, 0.2) is 65.3 Å². The number of carbonyl (C=O) groups is 2. The maximum Gasteiger partial charge on any atom is 0.298 e. The van der Waals surface area contributed by atoms with Gasteiger partial charge in [-0.3, -0.25) is 9.59 Å². The van der Waals surface area contributed by atoms with Gasteiger partial charge in [0.15, 0.2) is 0 Å². The molecule has 1 aliphatic heterocycles. The first-order chi connectivity index (χ1) is 17.8. The van der Waals surface area contributed by atoms with Gasteiger partial charge in [0.05, 0.1) is 6.26 Å². The molecule has 1 aromatic carbocycles. The molecule has 0 spiro atoms. The van der Waals surface area contributed by atoms with E-state index in [1.54, 1.807) is 30.0 Å². The lowest BCUT2D eigenvalue weighted by Crippen LogP contribution is -2.46. The number of nitrogens with one attached hydrogen (secondary N) is 1. The van der Waals surface area contributed by atoms with Crippen LogP contribution in [0.2, 0.25) is 0 Å². The number of hydrogen-bond acceptors (Lipinski definition) is 6. The maximum absolute atomic E-state index is 13.1. The highest BCUT2D eigenvalue weighted by molar-refractivity contribution is 6.47. The Labute approximate surface area is 216 Å². The van der Waals surface area contributed by atoms with Crippen LogP contribution in [0.1, 0.15) is 27.4 Å². The molecule has 1 saturated heterocycles. The van der Waals surface area contributed by atoms with Crippen LogP contribution in [0, 0.1) is 20.8 Å². The summed E-state index contributed by atoms with van der Waals surface area (Å²) in [6.07, 6.45) is 1.55. The number of carbonyl (C=O) groups excluding carboxylic acids is 2. The van der Waals surface area contributed by atoms with E-state index < -0.39 is 11.7 Å². The molecule has 4 heterocycles. The first-order valence-corrected chi connectivity index (χ1v) is 12.4. The van der Waals surface area contributed by atoms with E-state index in [9.17, 15) is 9.59 Å². The molecule has 3 aromatic heterocycles. The number of benzene rings is 1. The fourth-order valence-electron chi connectivity index (χ4n) is 4.85. The Hall–Kier alpha value is -4.33. The number of furan rings is 1. The van der Waals surface area contributed by atoms with Crippen molar-refractivity contribution >= 4 is 28.9 Å². The number of Topliss-reactive ketones (excluding diaryl/α,β-unsaturated/α-hetero) is 1. The van der Waals surface area contributed by atoms with Crippen LogP contribution in [0.5, 0.6) is 0 Å². The van der Waals surface area contributed by atoms with Gasteiger partial charge in [-0.25, -0.2) is 4.98 Å². The molecule has 8 nitrogen and oxygen atoms in total. The standard InChI is InChI=1S/C29H31N5O3/c1-19-16-20(2)30-26(17-19)34-13-11-33(12-14-34)23-9-7-22(8-10-23)31-29(36)28(35)27-24(18-21(3)32(27)4)25-6-5-15-37-25/h5-10,15-18H,11-14H2,1-4H3,(H,31,36). The molecule has 0 atom stereocenters.